The summed E-state index contributed by atoms with van der Waals surface area (Å²) in [5.74, 6) is 1.20. The number of ether oxygens (including phenoxy) is 1. The van der Waals surface area contributed by atoms with Crippen molar-refractivity contribution in [2.24, 2.45) is 5.92 Å². The minimum atomic E-state index is -0.164. The van der Waals surface area contributed by atoms with Gasteiger partial charge in [0.2, 0.25) is 0 Å². The average molecular weight is 224 g/mol. The zero-order valence-electron chi connectivity index (χ0n) is 9.07. The summed E-state index contributed by atoms with van der Waals surface area (Å²) in [5.41, 5.74) is 0. The third kappa shape index (κ3) is 3.27. The van der Waals surface area contributed by atoms with Crippen LogP contribution in [0.1, 0.15) is 12.2 Å². The SMILES string of the molecule is O=C(NCc1ccco1)NCC1CCOC1. The molecule has 1 unspecified atom stereocenters. The van der Waals surface area contributed by atoms with E-state index in [1.807, 2.05) is 6.07 Å². The van der Waals surface area contributed by atoms with Gasteiger partial charge in [-0.2, -0.15) is 0 Å². The summed E-state index contributed by atoms with van der Waals surface area (Å²) in [6.45, 7) is 2.64. The summed E-state index contributed by atoms with van der Waals surface area (Å²) >= 11 is 0. The van der Waals surface area contributed by atoms with Crippen LogP contribution in [0.25, 0.3) is 0 Å². The highest BCUT2D eigenvalue weighted by atomic mass is 16.5. The summed E-state index contributed by atoms with van der Waals surface area (Å²) in [4.78, 5) is 11.4. The van der Waals surface area contributed by atoms with E-state index in [-0.39, 0.29) is 6.03 Å². The Morgan fingerprint density at radius 2 is 2.44 bits per heavy atom. The van der Waals surface area contributed by atoms with Gasteiger partial charge in [-0.3, -0.25) is 0 Å². The molecule has 0 spiro atoms. The molecule has 1 atom stereocenters. The first-order valence-corrected chi connectivity index (χ1v) is 5.46. The maximum absolute atomic E-state index is 11.4. The van der Waals surface area contributed by atoms with Crippen LogP contribution in [0, 0.1) is 5.92 Å². The van der Waals surface area contributed by atoms with E-state index in [4.69, 9.17) is 9.15 Å². The molecular formula is C11H16N2O3. The first kappa shape index (κ1) is 11.0. The fourth-order valence-electron chi connectivity index (χ4n) is 1.62. The van der Waals surface area contributed by atoms with Crippen molar-refractivity contribution < 1.29 is 13.9 Å². The molecule has 2 heterocycles. The van der Waals surface area contributed by atoms with Crippen LogP contribution in [0.15, 0.2) is 22.8 Å². The molecule has 1 saturated heterocycles. The Labute approximate surface area is 94.1 Å². The second kappa shape index (κ2) is 5.55. The van der Waals surface area contributed by atoms with Gasteiger partial charge in [0.1, 0.15) is 5.76 Å². The largest absolute Gasteiger partial charge is 0.467 e. The quantitative estimate of drug-likeness (QED) is 0.805. The molecule has 2 amide bonds. The van der Waals surface area contributed by atoms with Gasteiger partial charge in [-0.05, 0) is 18.6 Å². The molecular weight excluding hydrogens is 208 g/mol. The van der Waals surface area contributed by atoms with Gasteiger partial charge < -0.3 is 19.8 Å². The molecule has 88 valence electrons. The van der Waals surface area contributed by atoms with Gasteiger partial charge in [-0.25, -0.2) is 4.79 Å². The number of carbonyl (C=O) groups excluding carboxylic acids is 1. The summed E-state index contributed by atoms with van der Waals surface area (Å²) in [6.07, 6.45) is 2.61. The number of rotatable bonds is 4. The van der Waals surface area contributed by atoms with Crippen LogP contribution in [0.2, 0.25) is 0 Å². The molecule has 1 aliphatic heterocycles. The predicted octanol–water partition coefficient (Wildman–Crippen LogP) is 1.12. The highest BCUT2D eigenvalue weighted by molar-refractivity contribution is 5.73. The molecule has 1 fully saturated rings. The number of amides is 2. The molecule has 2 rings (SSSR count). The Bertz CT molecular complexity index is 318. The third-order valence-corrected chi connectivity index (χ3v) is 2.58. The molecule has 5 heteroatoms. The molecule has 0 saturated carbocycles. The third-order valence-electron chi connectivity index (χ3n) is 2.58. The minimum Gasteiger partial charge on any atom is -0.467 e. The first-order chi connectivity index (χ1) is 7.84. The zero-order chi connectivity index (χ0) is 11.2. The molecule has 0 aliphatic carbocycles. The van der Waals surface area contributed by atoms with Crippen LogP contribution in [0.4, 0.5) is 4.79 Å². The van der Waals surface area contributed by atoms with Crippen molar-refractivity contribution in [3.05, 3.63) is 24.2 Å². The molecule has 0 aromatic carbocycles. The van der Waals surface area contributed by atoms with E-state index in [0.717, 1.165) is 25.4 Å². The topological polar surface area (TPSA) is 63.5 Å². The highest BCUT2D eigenvalue weighted by Gasteiger charge is 2.15. The van der Waals surface area contributed by atoms with Crippen molar-refractivity contribution in [2.45, 2.75) is 13.0 Å². The first-order valence-electron chi connectivity index (χ1n) is 5.46. The predicted molar refractivity (Wildman–Crippen MR) is 57.9 cm³/mol. The normalized spacial score (nSPS) is 19.6. The Morgan fingerprint density at radius 3 is 3.12 bits per heavy atom. The number of hydrogen-bond donors (Lipinski definition) is 2. The van der Waals surface area contributed by atoms with Crippen molar-refractivity contribution in [2.75, 3.05) is 19.8 Å². The Morgan fingerprint density at radius 1 is 1.50 bits per heavy atom. The van der Waals surface area contributed by atoms with Gasteiger partial charge in [0, 0.05) is 19.1 Å². The summed E-state index contributed by atoms with van der Waals surface area (Å²) in [5, 5.41) is 5.54. The molecule has 1 aromatic rings. The maximum Gasteiger partial charge on any atom is 0.315 e. The van der Waals surface area contributed by atoms with Crippen LogP contribution in [-0.2, 0) is 11.3 Å². The van der Waals surface area contributed by atoms with Crippen LogP contribution in [0.3, 0.4) is 0 Å². The van der Waals surface area contributed by atoms with E-state index in [1.165, 1.54) is 0 Å². The number of urea groups is 1. The lowest BCUT2D eigenvalue weighted by atomic mass is 10.1. The lowest BCUT2D eigenvalue weighted by molar-refractivity contribution is 0.185. The van der Waals surface area contributed by atoms with E-state index < -0.39 is 0 Å². The van der Waals surface area contributed by atoms with Crippen molar-refractivity contribution in [1.29, 1.82) is 0 Å². The van der Waals surface area contributed by atoms with Crippen LogP contribution in [-0.4, -0.2) is 25.8 Å². The van der Waals surface area contributed by atoms with Gasteiger partial charge in [0.15, 0.2) is 0 Å². The molecule has 0 radical (unpaired) electrons. The molecule has 1 aromatic heterocycles. The van der Waals surface area contributed by atoms with Crippen molar-refractivity contribution in [3.8, 4) is 0 Å². The Balaban J connectivity index is 1.60. The van der Waals surface area contributed by atoms with E-state index in [1.54, 1.807) is 12.3 Å². The van der Waals surface area contributed by atoms with Crippen LogP contribution in [0.5, 0.6) is 0 Å². The summed E-state index contributed by atoms with van der Waals surface area (Å²) in [6, 6.07) is 3.46. The van der Waals surface area contributed by atoms with Gasteiger partial charge >= 0.3 is 6.03 Å². The molecule has 5 nitrogen and oxygen atoms in total. The molecule has 16 heavy (non-hydrogen) atoms. The van der Waals surface area contributed by atoms with Crippen LogP contribution < -0.4 is 10.6 Å². The molecule has 1 aliphatic rings. The standard InChI is InChI=1S/C11H16N2O3/c14-11(12-6-9-3-5-15-8-9)13-7-10-2-1-4-16-10/h1-2,4,9H,3,5-8H2,(H2,12,13,14). The second-order valence-electron chi connectivity index (χ2n) is 3.87. The smallest absolute Gasteiger partial charge is 0.315 e. The fourth-order valence-corrected chi connectivity index (χ4v) is 1.62. The number of carbonyl (C=O) groups is 1. The van der Waals surface area contributed by atoms with Crippen LogP contribution >= 0.6 is 0 Å². The van der Waals surface area contributed by atoms with Crippen molar-refractivity contribution in [1.82, 2.24) is 10.6 Å². The van der Waals surface area contributed by atoms with E-state index in [0.29, 0.717) is 19.0 Å². The Kier molecular flexibility index (Phi) is 3.82. The Hall–Kier alpha value is -1.49. The highest BCUT2D eigenvalue weighted by Crippen LogP contribution is 2.10. The number of nitrogens with one attached hydrogen (secondary N) is 2. The van der Waals surface area contributed by atoms with Gasteiger partial charge in [0.05, 0.1) is 19.4 Å². The maximum atomic E-state index is 11.4. The molecule has 2 N–H and O–H groups in total. The zero-order valence-corrected chi connectivity index (χ0v) is 9.07. The summed E-state index contributed by atoms with van der Waals surface area (Å²) in [7, 11) is 0. The lowest BCUT2D eigenvalue weighted by Gasteiger charge is -2.09. The number of furan rings is 1. The monoisotopic (exact) mass is 224 g/mol. The lowest BCUT2D eigenvalue weighted by Crippen LogP contribution is -2.37. The van der Waals surface area contributed by atoms with Gasteiger partial charge in [-0.15, -0.1) is 0 Å². The number of hydrogen-bond acceptors (Lipinski definition) is 3. The van der Waals surface area contributed by atoms with Crippen molar-refractivity contribution >= 4 is 6.03 Å². The van der Waals surface area contributed by atoms with E-state index in [9.17, 15) is 4.79 Å². The minimum absolute atomic E-state index is 0.164. The van der Waals surface area contributed by atoms with E-state index >= 15 is 0 Å². The summed E-state index contributed by atoms with van der Waals surface area (Å²) < 4.78 is 10.3. The fraction of sp³-hybridized carbons (Fsp3) is 0.545. The van der Waals surface area contributed by atoms with E-state index in [2.05, 4.69) is 10.6 Å². The average Bonchev–Trinajstić information content (AvgIpc) is 2.96. The second-order valence-corrected chi connectivity index (χ2v) is 3.87. The molecule has 0 bridgehead atoms. The van der Waals surface area contributed by atoms with Gasteiger partial charge in [0.25, 0.3) is 0 Å². The van der Waals surface area contributed by atoms with Gasteiger partial charge in [-0.1, -0.05) is 0 Å². The van der Waals surface area contributed by atoms with Crippen molar-refractivity contribution in [3.63, 3.8) is 0 Å².